The van der Waals surface area contributed by atoms with E-state index in [1.807, 2.05) is 30.0 Å². The first kappa shape index (κ1) is 24.6. The van der Waals surface area contributed by atoms with Gasteiger partial charge >= 0.3 is 0 Å². The van der Waals surface area contributed by atoms with Crippen LogP contribution in [0.25, 0.3) is 6.08 Å². The summed E-state index contributed by atoms with van der Waals surface area (Å²) in [4.78, 5) is 32.4. The Labute approximate surface area is 206 Å². The summed E-state index contributed by atoms with van der Waals surface area (Å²) in [5.74, 6) is 0.484. The maximum Gasteiger partial charge on any atom is 0.266 e. The number of rotatable bonds is 8. The minimum Gasteiger partial charge on any atom is -0.490 e. The number of primary amides is 1. The van der Waals surface area contributed by atoms with E-state index in [4.69, 9.17) is 20.2 Å². The Morgan fingerprint density at radius 3 is 2.47 bits per heavy atom. The van der Waals surface area contributed by atoms with Crippen LogP contribution in [0.5, 0.6) is 11.5 Å². The lowest BCUT2D eigenvalue weighted by molar-refractivity contribution is -0.124. The van der Waals surface area contributed by atoms with Gasteiger partial charge in [-0.15, -0.1) is 0 Å². The number of hydrogen-bond donors (Lipinski definition) is 1. The van der Waals surface area contributed by atoms with Crippen molar-refractivity contribution in [2.75, 3.05) is 13.2 Å². The number of aliphatic imine (C=N–C) groups is 1. The topological polar surface area (TPSA) is 94.2 Å². The summed E-state index contributed by atoms with van der Waals surface area (Å²) in [6.07, 6.45) is 13.5. The highest BCUT2D eigenvalue weighted by molar-refractivity contribution is 8.18. The van der Waals surface area contributed by atoms with Crippen molar-refractivity contribution in [2.45, 2.75) is 83.2 Å². The van der Waals surface area contributed by atoms with Crippen molar-refractivity contribution in [1.29, 1.82) is 0 Å². The van der Waals surface area contributed by atoms with Gasteiger partial charge in [0.2, 0.25) is 0 Å². The molecule has 1 aromatic rings. The van der Waals surface area contributed by atoms with Gasteiger partial charge < -0.3 is 15.2 Å². The van der Waals surface area contributed by atoms with Crippen LogP contribution in [0.1, 0.15) is 76.7 Å². The Balaban J connectivity index is 1.60. The minimum absolute atomic E-state index is 0.0541. The number of ether oxygens (including phenoxy) is 2. The number of benzene rings is 1. The zero-order valence-corrected chi connectivity index (χ0v) is 20.8. The van der Waals surface area contributed by atoms with Crippen molar-refractivity contribution in [1.82, 2.24) is 4.90 Å². The molecule has 3 aliphatic rings. The highest BCUT2D eigenvalue weighted by Crippen LogP contribution is 2.39. The summed E-state index contributed by atoms with van der Waals surface area (Å²) in [5, 5.41) is 0.876. The third-order valence-corrected chi connectivity index (χ3v) is 7.58. The fourth-order valence-electron chi connectivity index (χ4n) is 4.91. The van der Waals surface area contributed by atoms with E-state index in [-0.39, 0.29) is 18.6 Å². The summed E-state index contributed by atoms with van der Waals surface area (Å²) in [7, 11) is 0. The fourth-order valence-corrected chi connectivity index (χ4v) is 6.02. The molecule has 1 aliphatic heterocycles. The molecule has 7 nitrogen and oxygen atoms in total. The summed E-state index contributed by atoms with van der Waals surface area (Å²) in [6.45, 7) is 2.12. The molecular formula is C26H35N3O4S. The van der Waals surface area contributed by atoms with Crippen molar-refractivity contribution < 1.29 is 19.1 Å². The number of amides is 2. The van der Waals surface area contributed by atoms with Crippen molar-refractivity contribution >= 4 is 34.8 Å². The van der Waals surface area contributed by atoms with Gasteiger partial charge in [-0.25, -0.2) is 0 Å². The molecule has 2 amide bonds. The predicted molar refractivity (Wildman–Crippen MR) is 136 cm³/mol. The molecule has 2 saturated carbocycles. The smallest absolute Gasteiger partial charge is 0.266 e. The van der Waals surface area contributed by atoms with E-state index in [1.54, 1.807) is 6.07 Å². The lowest BCUT2D eigenvalue weighted by atomic mass is 9.94. The lowest BCUT2D eigenvalue weighted by Gasteiger charge is -2.31. The largest absolute Gasteiger partial charge is 0.490 e. The normalized spacial score (nSPS) is 22.5. The quantitative estimate of drug-likeness (QED) is 0.529. The first-order valence-corrected chi connectivity index (χ1v) is 13.4. The van der Waals surface area contributed by atoms with Gasteiger partial charge in [-0.05, 0) is 68.1 Å². The minimum atomic E-state index is -0.547. The molecule has 0 atom stereocenters. The Kier molecular flexibility index (Phi) is 8.53. The molecular weight excluding hydrogens is 450 g/mol. The lowest BCUT2D eigenvalue weighted by Crippen LogP contribution is -2.41. The highest BCUT2D eigenvalue weighted by atomic mass is 32.2. The summed E-state index contributed by atoms with van der Waals surface area (Å²) < 4.78 is 11.2. The first-order chi connectivity index (χ1) is 16.5. The van der Waals surface area contributed by atoms with Crippen LogP contribution in [0.3, 0.4) is 0 Å². The summed E-state index contributed by atoms with van der Waals surface area (Å²) in [5.41, 5.74) is 6.04. The monoisotopic (exact) mass is 485 g/mol. The average Bonchev–Trinajstić information content (AvgIpc) is 3.14. The van der Waals surface area contributed by atoms with Crippen molar-refractivity contribution in [2.24, 2.45) is 10.7 Å². The Bertz CT molecular complexity index is 949. The highest BCUT2D eigenvalue weighted by Gasteiger charge is 2.39. The van der Waals surface area contributed by atoms with Crippen molar-refractivity contribution in [3.8, 4) is 11.5 Å². The molecule has 2 aliphatic carbocycles. The Hall–Kier alpha value is -2.48. The van der Waals surface area contributed by atoms with Crippen LogP contribution < -0.4 is 15.2 Å². The molecule has 1 heterocycles. The molecule has 1 saturated heterocycles. The van der Waals surface area contributed by atoms with Crippen molar-refractivity contribution in [3.63, 3.8) is 0 Å². The number of amidine groups is 1. The van der Waals surface area contributed by atoms with Gasteiger partial charge in [0.05, 0.1) is 17.6 Å². The number of nitrogens with zero attached hydrogens (tertiary/aromatic N) is 2. The number of hydrogen-bond acceptors (Lipinski definition) is 6. The van der Waals surface area contributed by atoms with E-state index in [2.05, 4.69) is 0 Å². The molecule has 2 N–H and O–H groups in total. The van der Waals surface area contributed by atoms with Crippen LogP contribution in [0, 0.1) is 0 Å². The van der Waals surface area contributed by atoms with Gasteiger partial charge in [-0.1, -0.05) is 44.6 Å². The Morgan fingerprint density at radius 1 is 1.09 bits per heavy atom. The van der Waals surface area contributed by atoms with E-state index in [0.29, 0.717) is 29.1 Å². The zero-order chi connectivity index (χ0) is 23.9. The van der Waals surface area contributed by atoms with Crippen LogP contribution in [0.15, 0.2) is 28.1 Å². The SMILES string of the molecule is CCOc1cc(C=C2SC(=NC3CCCCC3)N(C3CCCCC3)C2=O)ccc1OCC(N)=O. The van der Waals surface area contributed by atoms with Crippen LogP contribution in [-0.4, -0.2) is 47.2 Å². The molecule has 4 rings (SSSR count). The second-order valence-electron chi connectivity index (χ2n) is 9.18. The van der Waals surface area contributed by atoms with Gasteiger partial charge in [0.1, 0.15) is 0 Å². The van der Waals surface area contributed by atoms with Gasteiger partial charge in [-0.3, -0.25) is 19.5 Å². The second kappa shape index (κ2) is 11.8. The zero-order valence-electron chi connectivity index (χ0n) is 20.0. The first-order valence-electron chi connectivity index (χ1n) is 12.5. The maximum absolute atomic E-state index is 13.6. The van der Waals surface area contributed by atoms with E-state index in [1.165, 1.54) is 50.3 Å². The predicted octanol–water partition coefficient (Wildman–Crippen LogP) is 4.89. The van der Waals surface area contributed by atoms with E-state index >= 15 is 0 Å². The van der Waals surface area contributed by atoms with E-state index in [9.17, 15) is 9.59 Å². The van der Waals surface area contributed by atoms with Gasteiger partial charge in [0.15, 0.2) is 23.3 Å². The van der Waals surface area contributed by atoms with Crippen molar-refractivity contribution in [3.05, 3.63) is 28.7 Å². The third kappa shape index (κ3) is 6.14. The molecule has 34 heavy (non-hydrogen) atoms. The average molecular weight is 486 g/mol. The van der Waals surface area contributed by atoms with Gasteiger partial charge in [-0.2, -0.15) is 0 Å². The summed E-state index contributed by atoms with van der Waals surface area (Å²) >= 11 is 1.50. The fraction of sp³-hybridized carbons (Fsp3) is 0.577. The molecule has 0 radical (unpaired) electrons. The molecule has 184 valence electrons. The van der Waals surface area contributed by atoms with Crippen LogP contribution in [0.2, 0.25) is 0 Å². The van der Waals surface area contributed by atoms with Crippen LogP contribution in [-0.2, 0) is 9.59 Å². The van der Waals surface area contributed by atoms with Crippen LogP contribution in [0.4, 0.5) is 0 Å². The molecule has 8 heteroatoms. The number of carbonyl (C=O) groups excluding carboxylic acids is 2. The Morgan fingerprint density at radius 2 is 1.79 bits per heavy atom. The molecule has 1 aromatic carbocycles. The number of nitrogens with two attached hydrogens (primary N) is 1. The second-order valence-corrected chi connectivity index (χ2v) is 10.2. The standard InChI is InChI=1S/C26H35N3O4S/c1-2-32-22-15-18(13-14-21(22)33-17-24(27)30)16-23-25(31)29(20-11-7-4-8-12-20)26(34-23)28-19-9-5-3-6-10-19/h13-16,19-20H,2-12,17H2,1H3,(H2,27,30). The van der Waals surface area contributed by atoms with Crippen LogP contribution >= 0.6 is 11.8 Å². The number of carbonyl (C=O) groups is 2. The number of thioether (sulfide) groups is 1. The molecule has 3 fully saturated rings. The molecule has 0 bridgehead atoms. The van der Waals surface area contributed by atoms with Gasteiger partial charge in [0.25, 0.3) is 11.8 Å². The third-order valence-electron chi connectivity index (χ3n) is 6.58. The maximum atomic E-state index is 13.6. The van der Waals surface area contributed by atoms with Gasteiger partial charge in [0, 0.05) is 6.04 Å². The van der Waals surface area contributed by atoms with E-state index in [0.717, 1.165) is 36.4 Å². The molecule has 0 spiro atoms. The molecule has 0 unspecified atom stereocenters. The van der Waals surface area contributed by atoms with E-state index < -0.39 is 5.91 Å². The molecule has 0 aromatic heterocycles. The summed E-state index contributed by atoms with van der Waals surface area (Å²) in [6, 6.07) is 6.01.